The fraction of sp³-hybridized carbons (Fsp3) is 0.909. The SMILES string of the molecule is COC1CCCCC1NC(=O)NC(C)CO. The second kappa shape index (κ2) is 6.70. The number of hydrogen-bond donors (Lipinski definition) is 3. The summed E-state index contributed by atoms with van der Waals surface area (Å²) in [5.41, 5.74) is 0. The number of aliphatic hydroxyl groups is 1. The summed E-state index contributed by atoms with van der Waals surface area (Å²) >= 11 is 0. The van der Waals surface area contributed by atoms with E-state index in [1.54, 1.807) is 14.0 Å². The molecule has 0 aromatic carbocycles. The first-order chi connectivity index (χ1) is 7.67. The second-order valence-electron chi connectivity index (χ2n) is 4.37. The molecule has 3 unspecified atom stereocenters. The fourth-order valence-electron chi connectivity index (χ4n) is 2.02. The van der Waals surface area contributed by atoms with E-state index in [0.29, 0.717) is 0 Å². The summed E-state index contributed by atoms with van der Waals surface area (Å²) in [6.07, 6.45) is 4.35. The van der Waals surface area contributed by atoms with Crippen LogP contribution in [0, 0.1) is 0 Å². The smallest absolute Gasteiger partial charge is 0.315 e. The molecule has 94 valence electrons. The lowest BCUT2D eigenvalue weighted by Crippen LogP contribution is -2.51. The number of aliphatic hydroxyl groups excluding tert-OH is 1. The molecule has 1 saturated carbocycles. The van der Waals surface area contributed by atoms with Crippen LogP contribution in [0.3, 0.4) is 0 Å². The number of carbonyl (C=O) groups is 1. The third-order valence-corrected chi connectivity index (χ3v) is 2.97. The first-order valence-corrected chi connectivity index (χ1v) is 5.88. The third-order valence-electron chi connectivity index (χ3n) is 2.97. The summed E-state index contributed by atoms with van der Waals surface area (Å²) in [5.74, 6) is 0. The van der Waals surface area contributed by atoms with Crippen molar-refractivity contribution in [2.24, 2.45) is 0 Å². The molecule has 0 aliphatic heterocycles. The zero-order chi connectivity index (χ0) is 12.0. The van der Waals surface area contributed by atoms with Crippen molar-refractivity contribution in [3.63, 3.8) is 0 Å². The molecule has 0 aromatic heterocycles. The Kier molecular flexibility index (Phi) is 5.55. The summed E-state index contributed by atoms with van der Waals surface area (Å²) in [6.45, 7) is 1.71. The van der Waals surface area contributed by atoms with Crippen molar-refractivity contribution in [3.8, 4) is 0 Å². The Balaban J connectivity index is 2.36. The fourth-order valence-corrected chi connectivity index (χ4v) is 2.02. The summed E-state index contributed by atoms with van der Waals surface area (Å²) in [4.78, 5) is 11.6. The molecule has 16 heavy (non-hydrogen) atoms. The van der Waals surface area contributed by atoms with Crippen LogP contribution < -0.4 is 10.6 Å². The number of carbonyl (C=O) groups excluding carboxylic acids is 1. The van der Waals surface area contributed by atoms with Crippen molar-refractivity contribution in [2.45, 2.75) is 50.8 Å². The van der Waals surface area contributed by atoms with E-state index in [2.05, 4.69) is 10.6 Å². The van der Waals surface area contributed by atoms with Crippen LogP contribution in [-0.4, -0.2) is 43.0 Å². The highest BCUT2D eigenvalue weighted by Crippen LogP contribution is 2.20. The van der Waals surface area contributed by atoms with Crippen LogP contribution >= 0.6 is 0 Å². The lowest BCUT2D eigenvalue weighted by molar-refractivity contribution is 0.0450. The quantitative estimate of drug-likeness (QED) is 0.663. The Morgan fingerprint density at radius 1 is 1.50 bits per heavy atom. The largest absolute Gasteiger partial charge is 0.394 e. The van der Waals surface area contributed by atoms with E-state index in [1.807, 2.05) is 0 Å². The van der Waals surface area contributed by atoms with Gasteiger partial charge in [0.15, 0.2) is 0 Å². The molecule has 1 aliphatic rings. The lowest BCUT2D eigenvalue weighted by Gasteiger charge is -2.31. The van der Waals surface area contributed by atoms with E-state index in [-0.39, 0.29) is 30.8 Å². The average molecular weight is 230 g/mol. The lowest BCUT2D eigenvalue weighted by atomic mass is 9.92. The zero-order valence-corrected chi connectivity index (χ0v) is 10.0. The van der Waals surface area contributed by atoms with Gasteiger partial charge in [0.1, 0.15) is 0 Å². The average Bonchev–Trinajstić information content (AvgIpc) is 2.29. The maximum Gasteiger partial charge on any atom is 0.315 e. The van der Waals surface area contributed by atoms with E-state index in [9.17, 15) is 4.79 Å². The van der Waals surface area contributed by atoms with Gasteiger partial charge in [-0.3, -0.25) is 0 Å². The van der Waals surface area contributed by atoms with Gasteiger partial charge in [0, 0.05) is 7.11 Å². The van der Waals surface area contributed by atoms with Gasteiger partial charge < -0.3 is 20.5 Å². The molecule has 3 atom stereocenters. The van der Waals surface area contributed by atoms with Gasteiger partial charge in [-0.15, -0.1) is 0 Å². The van der Waals surface area contributed by atoms with E-state index in [4.69, 9.17) is 9.84 Å². The number of amides is 2. The highest BCUT2D eigenvalue weighted by atomic mass is 16.5. The molecule has 5 nitrogen and oxygen atoms in total. The number of methoxy groups -OCH3 is 1. The normalized spacial score (nSPS) is 27.2. The molecule has 0 radical (unpaired) electrons. The molecule has 0 spiro atoms. The predicted molar refractivity (Wildman–Crippen MR) is 61.3 cm³/mol. The van der Waals surface area contributed by atoms with Crippen LogP contribution in [0.25, 0.3) is 0 Å². The topological polar surface area (TPSA) is 70.6 Å². The van der Waals surface area contributed by atoms with Gasteiger partial charge in [-0.25, -0.2) is 4.79 Å². The minimum atomic E-state index is -0.226. The van der Waals surface area contributed by atoms with Crippen LogP contribution in [-0.2, 0) is 4.74 Å². The van der Waals surface area contributed by atoms with Crippen molar-refractivity contribution in [1.29, 1.82) is 0 Å². The second-order valence-corrected chi connectivity index (χ2v) is 4.37. The Morgan fingerprint density at radius 3 is 2.81 bits per heavy atom. The standard InChI is InChI=1S/C11H22N2O3/c1-8(7-14)12-11(15)13-9-5-3-4-6-10(9)16-2/h8-10,14H,3-7H2,1-2H3,(H2,12,13,15). The molecule has 5 heteroatoms. The van der Waals surface area contributed by atoms with Crippen molar-refractivity contribution >= 4 is 6.03 Å². The maximum absolute atomic E-state index is 11.6. The first-order valence-electron chi connectivity index (χ1n) is 5.88. The molecule has 0 bridgehead atoms. The third kappa shape index (κ3) is 3.98. The van der Waals surface area contributed by atoms with Crippen LogP contribution in [0.1, 0.15) is 32.6 Å². The predicted octanol–water partition coefficient (Wildman–Crippen LogP) is 0.624. The molecular weight excluding hydrogens is 208 g/mol. The van der Waals surface area contributed by atoms with E-state index >= 15 is 0 Å². The monoisotopic (exact) mass is 230 g/mol. The summed E-state index contributed by atoms with van der Waals surface area (Å²) < 4.78 is 5.34. The number of urea groups is 1. The Labute approximate surface area is 96.6 Å². The maximum atomic E-state index is 11.6. The van der Waals surface area contributed by atoms with Crippen LogP contribution in [0.2, 0.25) is 0 Å². The molecule has 0 aromatic rings. The Morgan fingerprint density at radius 2 is 2.19 bits per heavy atom. The number of rotatable bonds is 4. The summed E-state index contributed by atoms with van der Waals surface area (Å²) in [5, 5.41) is 14.4. The minimum absolute atomic E-state index is 0.0498. The molecular formula is C11H22N2O3. The molecule has 1 fully saturated rings. The number of hydrogen-bond acceptors (Lipinski definition) is 3. The van der Waals surface area contributed by atoms with Gasteiger partial charge in [0.2, 0.25) is 0 Å². The van der Waals surface area contributed by atoms with Gasteiger partial charge in [-0.05, 0) is 19.8 Å². The zero-order valence-electron chi connectivity index (χ0n) is 10.0. The van der Waals surface area contributed by atoms with Crippen molar-refractivity contribution in [3.05, 3.63) is 0 Å². The molecule has 0 saturated heterocycles. The van der Waals surface area contributed by atoms with Gasteiger partial charge >= 0.3 is 6.03 Å². The minimum Gasteiger partial charge on any atom is -0.394 e. The van der Waals surface area contributed by atoms with Gasteiger partial charge in [0.25, 0.3) is 0 Å². The highest BCUT2D eigenvalue weighted by molar-refractivity contribution is 5.74. The molecule has 0 heterocycles. The summed E-state index contributed by atoms with van der Waals surface area (Å²) in [6, 6.07) is -0.357. The van der Waals surface area contributed by atoms with E-state index in [1.165, 1.54) is 0 Å². The van der Waals surface area contributed by atoms with Crippen molar-refractivity contribution in [1.82, 2.24) is 10.6 Å². The Bertz CT molecular complexity index is 223. The van der Waals surface area contributed by atoms with Gasteiger partial charge in [-0.2, -0.15) is 0 Å². The van der Waals surface area contributed by atoms with Gasteiger partial charge in [-0.1, -0.05) is 12.8 Å². The molecule has 1 rings (SSSR count). The Hall–Kier alpha value is -0.810. The van der Waals surface area contributed by atoms with Crippen LogP contribution in [0.5, 0.6) is 0 Å². The van der Waals surface area contributed by atoms with Crippen LogP contribution in [0.4, 0.5) is 4.79 Å². The van der Waals surface area contributed by atoms with E-state index < -0.39 is 0 Å². The molecule has 3 N–H and O–H groups in total. The van der Waals surface area contributed by atoms with E-state index in [0.717, 1.165) is 25.7 Å². The molecule has 1 aliphatic carbocycles. The first kappa shape index (κ1) is 13.3. The van der Waals surface area contributed by atoms with Gasteiger partial charge in [0.05, 0.1) is 24.8 Å². The van der Waals surface area contributed by atoms with Crippen LogP contribution in [0.15, 0.2) is 0 Å². The number of nitrogens with one attached hydrogen (secondary N) is 2. The summed E-state index contributed by atoms with van der Waals surface area (Å²) in [7, 11) is 1.68. The highest BCUT2D eigenvalue weighted by Gasteiger charge is 2.26. The molecule has 2 amide bonds. The number of ether oxygens (including phenoxy) is 1. The van der Waals surface area contributed by atoms with Crippen molar-refractivity contribution in [2.75, 3.05) is 13.7 Å². The van der Waals surface area contributed by atoms with Crippen molar-refractivity contribution < 1.29 is 14.6 Å².